The van der Waals surface area contributed by atoms with Crippen LogP contribution in [-0.4, -0.2) is 25.2 Å². The fourth-order valence-corrected chi connectivity index (χ4v) is 2.53. The third-order valence-corrected chi connectivity index (χ3v) is 3.68. The van der Waals surface area contributed by atoms with Crippen LogP contribution in [0.15, 0.2) is 42.5 Å². The van der Waals surface area contributed by atoms with Crippen LogP contribution >= 0.6 is 0 Å². The summed E-state index contributed by atoms with van der Waals surface area (Å²) in [4.78, 5) is 12.3. The molecule has 114 valence electrons. The van der Waals surface area contributed by atoms with Gasteiger partial charge in [0.25, 0.3) is 5.91 Å². The molecule has 1 atom stereocenters. The van der Waals surface area contributed by atoms with E-state index in [0.717, 1.165) is 22.6 Å². The number of carbonyl (C=O) groups excluding carboxylic acids is 1. The van der Waals surface area contributed by atoms with Crippen molar-refractivity contribution in [3.8, 4) is 11.5 Å². The Kier molecular flexibility index (Phi) is 4.00. The van der Waals surface area contributed by atoms with E-state index in [0.29, 0.717) is 18.7 Å². The highest BCUT2D eigenvalue weighted by atomic mass is 16.6. The van der Waals surface area contributed by atoms with Gasteiger partial charge in [-0.05, 0) is 37.6 Å². The first-order valence-electron chi connectivity index (χ1n) is 7.37. The number of amides is 1. The Morgan fingerprint density at radius 2 is 1.95 bits per heavy atom. The molecule has 4 heteroatoms. The number of nitrogens with one attached hydrogen (secondary N) is 1. The molecule has 0 fully saturated rings. The molecule has 1 aliphatic heterocycles. The van der Waals surface area contributed by atoms with Gasteiger partial charge in [-0.3, -0.25) is 4.79 Å². The zero-order valence-corrected chi connectivity index (χ0v) is 12.8. The van der Waals surface area contributed by atoms with Crippen molar-refractivity contribution in [3.63, 3.8) is 0 Å². The van der Waals surface area contributed by atoms with Crippen molar-refractivity contribution >= 4 is 5.91 Å². The number of benzene rings is 2. The van der Waals surface area contributed by atoms with Gasteiger partial charge in [0.15, 0.2) is 11.5 Å². The van der Waals surface area contributed by atoms with Crippen molar-refractivity contribution in [1.29, 1.82) is 0 Å². The van der Waals surface area contributed by atoms with Gasteiger partial charge in [0.1, 0.15) is 12.7 Å². The molecule has 22 heavy (non-hydrogen) atoms. The first-order valence-corrected chi connectivity index (χ1v) is 7.37. The van der Waals surface area contributed by atoms with Gasteiger partial charge in [-0.25, -0.2) is 0 Å². The van der Waals surface area contributed by atoms with Crippen LogP contribution in [0, 0.1) is 13.8 Å². The summed E-state index contributed by atoms with van der Waals surface area (Å²) in [5, 5.41) is 2.92. The van der Waals surface area contributed by atoms with E-state index < -0.39 is 0 Å². The lowest BCUT2D eigenvalue weighted by Crippen LogP contribution is -2.40. The smallest absolute Gasteiger partial charge is 0.251 e. The monoisotopic (exact) mass is 297 g/mol. The molecule has 1 amide bonds. The Morgan fingerprint density at radius 1 is 1.18 bits per heavy atom. The van der Waals surface area contributed by atoms with Crippen molar-refractivity contribution in [2.45, 2.75) is 20.0 Å². The van der Waals surface area contributed by atoms with Gasteiger partial charge in [0, 0.05) is 5.56 Å². The molecule has 0 unspecified atom stereocenters. The van der Waals surface area contributed by atoms with Crippen molar-refractivity contribution in [3.05, 3.63) is 59.2 Å². The van der Waals surface area contributed by atoms with Crippen LogP contribution in [0.5, 0.6) is 11.5 Å². The van der Waals surface area contributed by atoms with E-state index in [4.69, 9.17) is 9.47 Å². The molecule has 4 nitrogen and oxygen atoms in total. The van der Waals surface area contributed by atoms with Gasteiger partial charge >= 0.3 is 0 Å². The maximum atomic E-state index is 12.3. The maximum absolute atomic E-state index is 12.3. The third-order valence-electron chi connectivity index (χ3n) is 3.68. The fraction of sp³-hybridized carbons (Fsp3) is 0.278. The molecule has 1 heterocycles. The van der Waals surface area contributed by atoms with Crippen molar-refractivity contribution in [1.82, 2.24) is 5.32 Å². The Balaban J connectivity index is 1.60. The second-order valence-electron chi connectivity index (χ2n) is 5.53. The van der Waals surface area contributed by atoms with E-state index in [1.165, 1.54) is 0 Å². The topological polar surface area (TPSA) is 47.6 Å². The van der Waals surface area contributed by atoms with E-state index in [9.17, 15) is 4.79 Å². The Morgan fingerprint density at radius 3 is 2.73 bits per heavy atom. The Bertz CT molecular complexity index is 696. The summed E-state index contributed by atoms with van der Waals surface area (Å²) in [5.41, 5.74) is 2.82. The van der Waals surface area contributed by atoms with Crippen LogP contribution in [0.25, 0.3) is 0 Å². The fourth-order valence-electron chi connectivity index (χ4n) is 2.53. The standard InChI is InChI=1S/C18H19NO3/c1-12-7-8-15(13(2)9-12)18(20)19-10-14-11-21-16-5-3-4-6-17(16)22-14/h3-9,14H,10-11H2,1-2H3,(H,19,20)/t14-/m1/s1. The highest BCUT2D eigenvalue weighted by molar-refractivity contribution is 5.95. The zero-order valence-electron chi connectivity index (χ0n) is 12.8. The predicted molar refractivity (Wildman–Crippen MR) is 84.6 cm³/mol. The largest absolute Gasteiger partial charge is 0.486 e. The molecule has 0 saturated heterocycles. The lowest BCUT2D eigenvalue weighted by atomic mass is 10.1. The molecule has 1 N–H and O–H groups in total. The van der Waals surface area contributed by atoms with E-state index in [1.54, 1.807) is 0 Å². The zero-order chi connectivity index (χ0) is 15.5. The van der Waals surface area contributed by atoms with E-state index >= 15 is 0 Å². The maximum Gasteiger partial charge on any atom is 0.251 e. The number of hydrogen-bond acceptors (Lipinski definition) is 3. The summed E-state index contributed by atoms with van der Waals surface area (Å²) in [6, 6.07) is 13.4. The number of rotatable bonds is 3. The van der Waals surface area contributed by atoms with Crippen molar-refractivity contribution < 1.29 is 14.3 Å². The number of para-hydroxylation sites is 2. The summed E-state index contributed by atoms with van der Waals surface area (Å²) >= 11 is 0. The molecule has 1 aliphatic rings. The molecular weight excluding hydrogens is 278 g/mol. The highest BCUT2D eigenvalue weighted by Gasteiger charge is 2.21. The SMILES string of the molecule is Cc1ccc(C(=O)NC[C@@H]2COc3ccccc3O2)c(C)c1. The molecule has 0 spiro atoms. The molecule has 0 saturated carbocycles. The van der Waals surface area contributed by atoms with Crippen molar-refractivity contribution in [2.24, 2.45) is 0 Å². The minimum Gasteiger partial charge on any atom is -0.486 e. The summed E-state index contributed by atoms with van der Waals surface area (Å²) in [6.07, 6.45) is -0.176. The molecule has 0 aromatic heterocycles. The van der Waals surface area contributed by atoms with Gasteiger partial charge in [0.05, 0.1) is 6.54 Å². The number of hydrogen-bond donors (Lipinski definition) is 1. The Labute approximate surface area is 130 Å². The van der Waals surface area contributed by atoms with Crippen LogP contribution in [0.4, 0.5) is 0 Å². The molecule has 0 radical (unpaired) electrons. The number of carbonyl (C=O) groups is 1. The minimum atomic E-state index is -0.176. The number of ether oxygens (including phenoxy) is 2. The molecule has 3 rings (SSSR count). The summed E-state index contributed by atoms with van der Waals surface area (Å²) < 4.78 is 11.5. The predicted octanol–water partition coefficient (Wildman–Crippen LogP) is 2.87. The quantitative estimate of drug-likeness (QED) is 0.947. The van der Waals surface area contributed by atoms with Crippen molar-refractivity contribution in [2.75, 3.05) is 13.2 Å². The Hall–Kier alpha value is -2.49. The minimum absolute atomic E-state index is 0.0834. The lowest BCUT2D eigenvalue weighted by Gasteiger charge is -2.26. The molecular formula is C18H19NO3. The van der Waals surface area contributed by atoms with E-state index in [2.05, 4.69) is 5.32 Å². The van der Waals surface area contributed by atoms with E-state index in [1.807, 2.05) is 56.3 Å². The lowest BCUT2D eigenvalue weighted by molar-refractivity contribution is 0.0789. The summed E-state index contributed by atoms with van der Waals surface area (Å²) in [5.74, 6) is 1.39. The average molecular weight is 297 g/mol. The second kappa shape index (κ2) is 6.10. The van der Waals surface area contributed by atoms with E-state index in [-0.39, 0.29) is 12.0 Å². The average Bonchev–Trinajstić information content (AvgIpc) is 2.52. The molecule has 0 bridgehead atoms. The van der Waals surface area contributed by atoms with Gasteiger partial charge in [-0.15, -0.1) is 0 Å². The third kappa shape index (κ3) is 3.06. The normalized spacial score (nSPS) is 16.2. The van der Waals surface area contributed by atoms with Crippen LogP contribution in [0.2, 0.25) is 0 Å². The summed E-state index contributed by atoms with van der Waals surface area (Å²) in [7, 11) is 0. The number of aryl methyl sites for hydroxylation is 2. The first kappa shape index (κ1) is 14.4. The van der Waals surface area contributed by atoms with Gasteiger partial charge < -0.3 is 14.8 Å². The molecule has 0 aliphatic carbocycles. The highest BCUT2D eigenvalue weighted by Crippen LogP contribution is 2.30. The van der Waals surface area contributed by atoms with Gasteiger partial charge in [-0.2, -0.15) is 0 Å². The van der Waals surface area contributed by atoms with Crippen LogP contribution in [-0.2, 0) is 0 Å². The molecule has 2 aromatic rings. The van der Waals surface area contributed by atoms with Crippen LogP contribution in [0.3, 0.4) is 0 Å². The van der Waals surface area contributed by atoms with Crippen LogP contribution < -0.4 is 14.8 Å². The first-order chi connectivity index (χ1) is 10.6. The summed E-state index contributed by atoms with van der Waals surface area (Å²) in [6.45, 7) is 4.81. The van der Waals surface area contributed by atoms with Gasteiger partial charge in [0.2, 0.25) is 0 Å². The van der Waals surface area contributed by atoms with Crippen LogP contribution in [0.1, 0.15) is 21.5 Å². The van der Waals surface area contributed by atoms with Gasteiger partial charge in [-0.1, -0.05) is 29.8 Å². The number of fused-ring (bicyclic) bond motifs is 1. The molecule has 2 aromatic carbocycles. The second-order valence-corrected chi connectivity index (χ2v) is 5.53.